The number of carbonyl (C=O) groups is 2. The van der Waals surface area contributed by atoms with Crippen LogP contribution in [0.15, 0.2) is 30.5 Å². The Balaban J connectivity index is 0.00000484. The van der Waals surface area contributed by atoms with E-state index in [4.69, 9.17) is 9.72 Å². The van der Waals surface area contributed by atoms with Crippen LogP contribution < -0.4 is 15.5 Å². The second-order valence-electron chi connectivity index (χ2n) is 12.8. The summed E-state index contributed by atoms with van der Waals surface area (Å²) in [4.78, 5) is 41.4. The number of benzene rings is 1. The Morgan fingerprint density at radius 2 is 1.98 bits per heavy atom. The number of ether oxygens (including phenoxy) is 1. The first kappa shape index (κ1) is 33.5. The number of aryl methyl sites for hydroxylation is 1. The highest BCUT2D eigenvalue weighted by Crippen LogP contribution is 2.31. The van der Waals surface area contributed by atoms with Gasteiger partial charge in [0.1, 0.15) is 17.2 Å². The first-order chi connectivity index (χ1) is 19.6. The number of para-hydroxylation sites is 1. The van der Waals surface area contributed by atoms with Crippen LogP contribution in [-0.2, 0) is 21.4 Å². The van der Waals surface area contributed by atoms with Crippen LogP contribution in [0.1, 0.15) is 83.1 Å². The van der Waals surface area contributed by atoms with Crippen molar-refractivity contribution < 1.29 is 14.3 Å². The average Bonchev–Trinajstić information content (AvgIpc) is 2.96. The van der Waals surface area contributed by atoms with E-state index in [1.165, 1.54) is 5.56 Å². The van der Waals surface area contributed by atoms with Crippen LogP contribution >= 0.6 is 0 Å². The molecule has 0 bridgehead atoms. The molecule has 3 heterocycles. The molecule has 0 radical (unpaired) electrons. The molecule has 4 rings (SSSR count). The van der Waals surface area contributed by atoms with Crippen molar-refractivity contribution in [2.24, 2.45) is 11.8 Å². The molecule has 2 aromatic rings. The van der Waals surface area contributed by atoms with Crippen LogP contribution in [0.2, 0.25) is 0 Å². The van der Waals surface area contributed by atoms with Gasteiger partial charge in [-0.2, -0.15) is 0 Å². The third kappa shape index (κ3) is 8.07. The molecule has 2 aliphatic rings. The molecule has 0 aliphatic carbocycles. The number of nitrogens with zero attached hydrogens (tertiary/aromatic N) is 4. The van der Waals surface area contributed by atoms with Gasteiger partial charge in [-0.25, -0.2) is 9.97 Å². The lowest BCUT2D eigenvalue weighted by Gasteiger charge is -2.40. The minimum atomic E-state index is -0.254. The standard InChI is InChI=1S/C32H48N6O3.CH4/c1-22(2)21-38(30(40)26-20-35-31(32(3,4)5)36-28(26)34-14-10-16-41-6)25-17-24(18-33-19-25)29(39)37-15-9-12-23-11-7-8-13-27(23)37;/h7-8,11,13,20,22,24-25,33H,9-10,12,14-19,21H2,1-6H3,(H,34,35,36);1H4/t24-,25+;/m1./s1. The molecule has 1 fully saturated rings. The molecule has 232 valence electrons. The minimum Gasteiger partial charge on any atom is -0.385 e. The lowest BCUT2D eigenvalue weighted by atomic mass is 9.91. The van der Waals surface area contributed by atoms with E-state index in [0.717, 1.165) is 31.5 Å². The predicted octanol–water partition coefficient (Wildman–Crippen LogP) is 4.91. The van der Waals surface area contributed by atoms with E-state index in [2.05, 4.69) is 62.4 Å². The van der Waals surface area contributed by atoms with E-state index < -0.39 is 0 Å². The summed E-state index contributed by atoms with van der Waals surface area (Å²) in [5.41, 5.74) is 2.47. The van der Waals surface area contributed by atoms with E-state index in [0.29, 0.717) is 56.4 Å². The van der Waals surface area contributed by atoms with Crippen LogP contribution in [0, 0.1) is 11.8 Å². The van der Waals surface area contributed by atoms with Crippen LogP contribution in [-0.4, -0.2) is 79.2 Å². The zero-order valence-corrected chi connectivity index (χ0v) is 25.7. The Hall–Kier alpha value is -3.04. The third-order valence-corrected chi connectivity index (χ3v) is 7.82. The van der Waals surface area contributed by atoms with Crippen molar-refractivity contribution in [2.75, 3.05) is 56.7 Å². The van der Waals surface area contributed by atoms with Crippen LogP contribution in [0.25, 0.3) is 0 Å². The van der Waals surface area contributed by atoms with E-state index >= 15 is 0 Å². The normalized spacial score (nSPS) is 18.7. The number of hydrogen-bond acceptors (Lipinski definition) is 7. The highest BCUT2D eigenvalue weighted by Gasteiger charge is 2.37. The Labute approximate surface area is 252 Å². The van der Waals surface area contributed by atoms with Gasteiger partial charge in [0, 0.05) is 69.8 Å². The summed E-state index contributed by atoms with van der Waals surface area (Å²) in [7, 11) is 1.68. The highest BCUT2D eigenvalue weighted by molar-refractivity contribution is 5.99. The molecule has 2 N–H and O–H groups in total. The maximum Gasteiger partial charge on any atom is 0.259 e. The Morgan fingerprint density at radius 3 is 2.69 bits per heavy atom. The monoisotopic (exact) mass is 580 g/mol. The number of rotatable bonds is 10. The fraction of sp³-hybridized carbons (Fsp3) is 0.636. The van der Waals surface area contributed by atoms with Gasteiger partial charge in [0.15, 0.2) is 0 Å². The van der Waals surface area contributed by atoms with Crippen molar-refractivity contribution in [3.8, 4) is 0 Å². The number of aromatic nitrogens is 2. The quantitative estimate of drug-likeness (QED) is 0.385. The zero-order valence-electron chi connectivity index (χ0n) is 25.7. The number of amides is 2. The van der Waals surface area contributed by atoms with Crippen molar-refractivity contribution in [1.29, 1.82) is 0 Å². The molecule has 2 amide bonds. The minimum absolute atomic E-state index is 0. The summed E-state index contributed by atoms with van der Waals surface area (Å²) < 4.78 is 5.20. The van der Waals surface area contributed by atoms with Gasteiger partial charge in [-0.1, -0.05) is 60.2 Å². The second kappa shape index (κ2) is 14.9. The molecule has 1 saturated heterocycles. The number of hydrogen-bond donors (Lipinski definition) is 2. The van der Waals surface area contributed by atoms with E-state index in [1.54, 1.807) is 13.3 Å². The maximum absolute atomic E-state index is 14.3. The number of carbonyl (C=O) groups excluding carboxylic acids is 2. The van der Waals surface area contributed by atoms with E-state index in [9.17, 15) is 9.59 Å². The largest absolute Gasteiger partial charge is 0.385 e. The second-order valence-corrected chi connectivity index (χ2v) is 12.8. The van der Waals surface area contributed by atoms with Gasteiger partial charge in [0.05, 0.1) is 5.92 Å². The summed E-state index contributed by atoms with van der Waals surface area (Å²) >= 11 is 0. The molecule has 0 saturated carbocycles. The SMILES string of the molecule is C.COCCCNc1nc(C(C)(C)C)ncc1C(=O)N(CC(C)C)[C@@H]1CNC[C@H](C(=O)N2CCCc3ccccc32)C1. The summed E-state index contributed by atoms with van der Waals surface area (Å²) in [5.74, 6) is 1.35. The number of anilines is 2. The molecule has 1 aromatic carbocycles. The predicted molar refractivity (Wildman–Crippen MR) is 170 cm³/mol. The van der Waals surface area contributed by atoms with Crippen molar-refractivity contribution in [1.82, 2.24) is 20.2 Å². The van der Waals surface area contributed by atoms with E-state index in [-0.39, 0.29) is 42.5 Å². The average molecular weight is 581 g/mol. The first-order valence-corrected chi connectivity index (χ1v) is 15.1. The van der Waals surface area contributed by atoms with Crippen molar-refractivity contribution in [3.63, 3.8) is 0 Å². The molecule has 42 heavy (non-hydrogen) atoms. The summed E-state index contributed by atoms with van der Waals surface area (Å²) in [6.07, 6.45) is 5.06. The molecular weight excluding hydrogens is 528 g/mol. The van der Waals surface area contributed by atoms with Crippen molar-refractivity contribution in [3.05, 3.63) is 47.4 Å². The molecule has 1 aromatic heterocycles. The highest BCUT2D eigenvalue weighted by atomic mass is 16.5. The van der Waals surface area contributed by atoms with Crippen LogP contribution in [0.3, 0.4) is 0 Å². The van der Waals surface area contributed by atoms with Gasteiger partial charge < -0.3 is 25.2 Å². The molecular formula is C33H52N6O3. The number of methoxy groups -OCH3 is 1. The van der Waals surface area contributed by atoms with Crippen LogP contribution in [0.5, 0.6) is 0 Å². The van der Waals surface area contributed by atoms with E-state index in [1.807, 2.05) is 21.9 Å². The Bertz CT molecular complexity index is 1190. The zero-order chi connectivity index (χ0) is 29.6. The Kier molecular flexibility index (Phi) is 11.9. The number of piperidine rings is 1. The Morgan fingerprint density at radius 1 is 1.21 bits per heavy atom. The molecule has 0 spiro atoms. The fourth-order valence-corrected chi connectivity index (χ4v) is 5.73. The van der Waals surface area contributed by atoms with Crippen molar-refractivity contribution >= 4 is 23.3 Å². The summed E-state index contributed by atoms with van der Waals surface area (Å²) in [6, 6.07) is 8.10. The molecule has 0 unspecified atom stereocenters. The van der Waals surface area contributed by atoms with Gasteiger partial charge in [-0.3, -0.25) is 9.59 Å². The fourth-order valence-electron chi connectivity index (χ4n) is 5.73. The smallest absolute Gasteiger partial charge is 0.259 e. The first-order valence-electron chi connectivity index (χ1n) is 15.1. The van der Waals surface area contributed by atoms with Crippen LogP contribution in [0.4, 0.5) is 11.5 Å². The lowest BCUT2D eigenvalue weighted by molar-refractivity contribution is -0.123. The molecule has 2 aliphatic heterocycles. The maximum atomic E-state index is 14.3. The van der Waals surface area contributed by atoms with Crippen molar-refractivity contribution in [2.45, 2.75) is 79.2 Å². The summed E-state index contributed by atoms with van der Waals surface area (Å²) in [6.45, 7) is 14.3. The lowest BCUT2D eigenvalue weighted by Crippen LogP contribution is -2.55. The topological polar surface area (TPSA) is 99.7 Å². The third-order valence-electron chi connectivity index (χ3n) is 7.82. The van der Waals surface area contributed by atoms with Gasteiger partial charge in [-0.05, 0) is 43.2 Å². The van der Waals surface area contributed by atoms with Gasteiger partial charge >= 0.3 is 0 Å². The van der Waals surface area contributed by atoms with Gasteiger partial charge in [-0.15, -0.1) is 0 Å². The molecule has 9 nitrogen and oxygen atoms in total. The van der Waals surface area contributed by atoms with Gasteiger partial charge in [0.25, 0.3) is 5.91 Å². The molecule has 9 heteroatoms. The number of nitrogens with one attached hydrogen (secondary N) is 2. The molecule has 2 atom stereocenters. The summed E-state index contributed by atoms with van der Waals surface area (Å²) in [5, 5.41) is 6.86. The number of fused-ring (bicyclic) bond motifs is 1. The van der Waals surface area contributed by atoms with Gasteiger partial charge in [0.2, 0.25) is 5.91 Å².